The van der Waals surface area contributed by atoms with E-state index in [-0.39, 0.29) is 6.03 Å². The van der Waals surface area contributed by atoms with E-state index < -0.39 is 0 Å². The highest BCUT2D eigenvalue weighted by Crippen LogP contribution is 2.22. The predicted octanol–water partition coefficient (Wildman–Crippen LogP) is 4.34. The number of benzene rings is 2. The number of hydrogen-bond acceptors (Lipinski definition) is 2. The topological polar surface area (TPSA) is 35.6 Å². The number of amides is 2. The van der Waals surface area contributed by atoms with Gasteiger partial charge >= 0.3 is 6.03 Å². The average molecular weight is 435 g/mol. The molecule has 0 aliphatic carbocycles. The third-order valence-electron chi connectivity index (χ3n) is 4.36. The van der Waals surface area contributed by atoms with Crippen molar-refractivity contribution in [2.24, 2.45) is 0 Å². The van der Waals surface area contributed by atoms with Crippen molar-refractivity contribution in [2.45, 2.75) is 19.9 Å². The summed E-state index contributed by atoms with van der Waals surface area (Å²) < 4.78 is 1.11. The van der Waals surface area contributed by atoms with Crippen LogP contribution in [0, 0.1) is 10.5 Å². The Labute approximate surface area is 157 Å². The highest BCUT2D eigenvalue weighted by molar-refractivity contribution is 14.1. The Bertz CT molecular complexity index is 717. The van der Waals surface area contributed by atoms with Crippen LogP contribution in [0.15, 0.2) is 48.5 Å². The van der Waals surface area contributed by atoms with E-state index >= 15 is 0 Å². The van der Waals surface area contributed by atoms with Gasteiger partial charge < -0.3 is 15.1 Å². The van der Waals surface area contributed by atoms with Crippen LogP contribution < -0.4 is 10.2 Å². The SMILES string of the molecule is Cc1ccc(N2CCN(C(=O)Nc3cccc(I)c3)CC2C)cc1. The van der Waals surface area contributed by atoms with E-state index in [4.69, 9.17) is 0 Å². The van der Waals surface area contributed by atoms with E-state index in [2.05, 4.69) is 70.9 Å². The maximum atomic E-state index is 12.5. The van der Waals surface area contributed by atoms with Crippen molar-refractivity contribution in [1.29, 1.82) is 0 Å². The van der Waals surface area contributed by atoms with Gasteiger partial charge in [-0.25, -0.2) is 4.79 Å². The molecule has 0 spiro atoms. The van der Waals surface area contributed by atoms with Crippen LogP contribution in [0.4, 0.5) is 16.2 Å². The number of carbonyl (C=O) groups excluding carboxylic acids is 1. The van der Waals surface area contributed by atoms with Crippen LogP contribution >= 0.6 is 22.6 Å². The van der Waals surface area contributed by atoms with Crippen LogP contribution in [0.1, 0.15) is 12.5 Å². The molecule has 1 fully saturated rings. The predicted molar refractivity (Wildman–Crippen MR) is 108 cm³/mol. The Morgan fingerprint density at radius 1 is 1.17 bits per heavy atom. The number of hydrogen-bond donors (Lipinski definition) is 1. The highest BCUT2D eigenvalue weighted by Gasteiger charge is 2.26. The third kappa shape index (κ3) is 4.01. The van der Waals surface area contributed by atoms with Crippen molar-refractivity contribution >= 4 is 40.0 Å². The monoisotopic (exact) mass is 435 g/mol. The Morgan fingerprint density at radius 2 is 1.92 bits per heavy atom. The third-order valence-corrected chi connectivity index (χ3v) is 5.03. The number of piperazine rings is 1. The second-order valence-electron chi connectivity index (χ2n) is 6.26. The van der Waals surface area contributed by atoms with Crippen LogP contribution in [0.5, 0.6) is 0 Å². The molecule has 1 N–H and O–H groups in total. The molecule has 1 aliphatic rings. The molecular weight excluding hydrogens is 413 g/mol. The molecule has 0 aromatic heterocycles. The van der Waals surface area contributed by atoms with Gasteiger partial charge in [0.25, 0.3) is 0 Å². The molecule has 2 amide bonds. The number of aryl methyl sites for hydroxylation is 1. The van der Waals surface area contributed by atoms with E-state index in [0.717, 1.165) is 28.9 Å². The smallest absolute Gasteiger partial charge is 0.321 e. The summed E-state index contributed by atoms with van der Waals surface area (Å²) in [6.45, 7) is 6.58. The van der Waals surface area contributed by atoms with E-state index in [0.29, 0.717) is 6.04 Å². The zero-order valence-corrected chi connectivity index (χ0v) is 16.2. The summed E-state index contributed by atoms with van der Waals surface area (Å²) in [5.74, 6) is 0. The zero-order chi connectivity index (χ0) is 17.1. The Balaban J connectivity index is 1.62. The standard InChI is InChI=1S/C19H22IN3O/c1-14-6-8-18(9-7-14)23-11-10-22(13-15(23)2)19(24)21-17-5-3-4-16(20)12-17/h3-9,12,15H,10-11,13H2,1-2H3,(H,21,24). The van der Waals surface area contributed by atoms with Gasteiger partial charge in [-0.3, -0.25) is 0 Å². The van der Waals surface area contributed by atoms with Crippen LogP contribution in [0.2, 0.25) is 0 Å². The molecule has 1 atom stereocenters. The van der Waals surface area contributed by atoms with Gasteiger partial charge in [-0.1, -0.05) is 23.8 Å². The summed E-state index contributed by atoms with van der Waals surface area (Å²) in [6.07, 6.45) is 0. The lowest BCUT2D eigenvalue weighted by Crippen LogP contribution is -2.54. The van der Waals surface area contributed by atoms with E-state index in [1.54, 1.807) is 0 Å². The fourth-order valence-electron chi connectivity index (χ4n) is 3.03. The lowest BCUT2D eigenvalue weighted by atomic mass is 10.1. The number of urea groups is 1. The van der Waals surface area contributed by atoms with Gasteiger partial charge in [0.1, 0.15) is 0 Å². The molecule has 0 bridgehead atoms. The van der Waals surface area contributed by atoms with Crippen molar-refractivity contribution in [2.75, 3.05) is 29.9 Å². The van der Waals surface area contributed by atoms with Crippen LogP contribution in [0.3, 0.4) is 0 Å². The van der Waals surface area contributed by atoms with Gasteiger partial charge in [-0.05, 0) is 66.8 Å². The molecule has 0 radical (unpaired) electrons. The summed E-state index contributed by atoms with van der Waals surface area (Å²) in [7, 11) is 0. The summed E-state index contributed by atoms with van der Waals surface area (Å²) in [6, 6.07) is 16.7. The van der Waals surface area contributed by atoms with E-state index in [1.807, 2.05) is 29.2 Å². The van der Waals surface area contributed by atoms with Gasteiger partial charge in [-0.15, -0.1) is 0 Å². The Morgan fingerprint density at radius 3 is 2.58 bits per heavy atom. The molecule has 0 saturated carbocycles. The van der Waals surface area contributed by atoms with Gasteiger partial charge in [-0.2, -0.15) is 0 Å². The molecule has 2 aromatic rings. The van der Waals surface area contributed by atoms with Crippen molar-refractivity contribution in [3.05, 3.63) is 57.7 Å². The first-order valence-electron chi connectivity index (χ1n) is 8.18. The van der Waals surface area contributed by atoms with Crippen LogP contribution in [-0.2, 0) is 0 Å². The molecule has 4 nitrogen and oxygen atoms in total. The molecule has 1 heterocycles. The molecule has 1 saturated heterocycles. The normalized spacial score (nSPS) is 17.7. The number of rotatable bonds is 2. The highest BCUT2D eigenvalue weighted by atomic mass is 127. The molecule has 1 aliphatic heterocycles. The minimum Gasteiger partial charge on any atom is -0.365 e. The maximum Gasteiger partial charge on any atom is 0.321 e. The van der Waals surface area contributed by atoms with E-state index in [1.165, 1.54) is 11.3 Å². The van der Waals surface area contributed by atoms with Gasteiger partial charge in [0, 0.05) is 40.6 Å². The first kappa shape index (κ1) is 17.1. The molecule has 3 rings (SSSR count). The largest absolute Gasteiger partial charge is 0.365 e. The Hall–Kier alpha value is -1.76. The number of halogens is 1. The first-order valence-corrected chi connectivity index (χ1v) is 9.25. The number of nitrogens with zero attached hydrogens (tertiary/aromatic N) is 2. The quantitative estimate of drug-likeness (QED) is 0.713. The van der Waals surface area contributed by atoms with Crippen LogP contribution in [-0.4, -0.2) is 36.6 Å². The Kier molecular flexibility index (Phi) is 5.28. The van der Waals surface area contributed by atoms with Gasteiger partial charge in [0.2, 0.25) is 0 Å². The average Bonchev–Trinajstić information content (AvgIpc) is 2.56. The second kappa shape index (κ2) is 7.42. The number of carbonyl (C=O) groups is 1. The van der Waals surface area contributed by atoms with Crippen molar-refractivity contribution in [3.8, 4) is 0 Å². The molecule has 5 heteroatoms. The first-order chi connectivity index (χ1) is 11.5. The summed E-state index contributed by atoms with van der Waals surface area (Å²) in [5.41, 5.74) is 3.34. The van der Waals surface area contributed by atoms with Gasteiger partial charge in [0.05, 0.1) is 0 Å². The van der Waals surface area contributed by atoms with Gasteiger partial charge in [0.15, 0.2) is 0 Å². The van der Waals surface area contributed by atoms with Crippen molar-refractivity contribution in [3.63, 3.8) is 0 Å². The molecular formula is C19H22IN3O. The fraction of sp³-hybridized carbons (Fsp3) is 0.316. The summed E-state index contributed by atoms with van der Waals surface area (Å²) >= 11 is 2.25. The number of nitrogens with one attached hydrogen (secondary N) is 1. The molecule has 1 unspecified atom stereocenters. The van der Waals surface area contributed by atoms with Crippen molar-refractivity contribution < 1.29 is 4.79 Å². The molecule has 24 heavy (non-hydrogen) atoms. The molecule has 126 valence electrons. The van der Waals surface area contributed by atoms with Crippen molar-refractivity contribution in [1.82, 2.24) is 4.90 Å². The zero-order valence-electron chi connectivity index (χ0n) is 14.0. The fourth-order valence-corrected chi connectivity index (χ4v) is 3.57. The summed E-state index contributed by atoms with van der Waals surface area (Å²) in [5, 5.41) is 3.00. The van der Waals surface area contributed by atoms with E-state index in [9.17, 15) is 4.79 Å². The lowest BCUT2D eigenvalue weighted by Gasteiger charge is -2.41. The van der Waals surface area contributed by atoms with Crippen LogP contribution in [0.25, 0.3) is 0 Å². The maximum absolute atomic E-state index is 12.5. The second-order valence-corrected chi connectivity index (χ2v) is 7.51. The molecule has 2 aromatic carbocycles. The lowest BCUT2D eigenvalue weighted by molar-refractivity contribution is 0.200. The minimum absolute atomic E-state index is 0.0209. The summed E-state index contributed by atoms with van der Waals surface area (Å²) in [4.78, 5) is 16.8. The minimum atomic E-state index is -0.0209. The number of anilines is 2.